The molecule has 136 valence electrons. The zero-order chi connectivity index (χ0) is 18.2. The quantitative estimate of drug-likeness (QED) is 0.316. The smallest absolute Gasteiger partial charge is 0.129 e. The van der Waals surface area contributed by atoms with Crippen molar-refractivity contribution in [3.8, 4) is 16.3 Å². The van der Waals surface area contributed by atoms with Crippen LogP contribution in [-0.4, -0.2) is 22.1 Å². The average Bonchev–Trinajstić information content (AvgIpc) is 3.42. The van der Waals surface area contributed by atoms with Crippen molar-refractivity contribution >= 4 is 44.7 Å². The van der Waals surface area contributed by atoms with Crippen LogP contribution in [0.3, 0.4) is 0 Å². The van der Waals surface area contributed by atoms with E-state index in [2.05, 4.69) is 21.4 Å². The molecule has 27 heavy (non-hydrogen) atoms. The standard InChI is InChI=1S/C20H17N3OS3/c1-24-15-7-3-2-5-13(15)18-23-12(9-25-18)10-26-19-17-14-6-4-8-16(14)27-20(17)22-11-21-19/h2-3,5,7,9,11H,4,6,8,10H2,1H3. The van der Waals surface area contributed by atoms with Gasteiger partial charge in [0.25, 0.3) is 0 Å². The van der Waals surface area contributed by atoms with Gasteiger partial charge in [0.15, 0.2) is 0 Å². The van der Waals surface area contributed by atoms with Crippen LogP contribution >= 0.6 is 34.4 Å². The summed E-state index contributed by atoms with van der Waals surface area (Å²) in [6.45, 7) is 0. The molecule has 1 aliphatic rings. The highest BCUT2D eigenvalue weighted by molar-refractivity contribution is 7.98. The maximum Gasteiger partial charge on any atom is 0.129 e. The third kappa shape index (κ3) is 3.13. The van der Waals surface area contributed by atoms with E-state index < -0.39 is 0 Å². The molecule has 0 saturated heterocycles. The van der Waals surface area contributed by atoms with Crippen molar-refractivity contribution in [2.24, 2.45) is 0 Å². The number of aromatic nitrogens is 3. The van der Waals surface area contributed by atoms with Crippen molar-refractivity contribution in [2.45, 2.75) is 30.0 Å². The van der Waals surface area contributed by atoms with Gasteiger partial charge in [-0.25, -0.2) is 15.0 Å². The molecular formula is C20H17N3OS3. The molecule has 0 spiro atoms. The van der Waals surface area contributed by atoms with Crippen molar-refractivity contribution in [1.82, 2.24) is 15.0 Å². The Morgan fingerprint density at radius 3 is 3.04 bits per heavy atom. The normalized spacial score (nSPS) is 13.2. The molecule has 1 aromatic carbocycles. The molecular weight excluding hydrogens is 394 g/mol. The number of aryl methyl sites for hydroxylation is 2. The van der Waals surface area contributed by atoms with Gasteiger partial charge >= 0.3 is 0 Å². The van der Waals surface area contributed by atoms with Crippen LogP contribution in [0.5, 0.6) is 5.75 Å². The maximum absolute atomic E-state index is 5.47. The van der Waals surface area contributed by atoms with Gasteiger partial charge in [-0.2, -0.15) is 0 Å². The molecule has 0 bridgehead atoms. The SMILES string of the molecule is COc1ccccc1-c1nc(CSc2ncnc3sc4c(c23)CCC4)cs1. The number of thioether (sulfide) groups is 1. The number of ether oxygens (including phenoxy) is 1. The maximum atomic E-state index is 5.47. The number of nitrogens with zero attached hydrogens (tertiary/aromatic N) is 3. The molecule has 4 aromatic rings. The lowest BCUT2D eigenvalue weighted by Gasteiger charge is -2.04. The highest BCUT2D eigenvalue weighted by Crippen LogP contribution is 2.41. The van der Waals surface area contributed by atoms with Crippen LogP contribution in [0.4, 0.5) is 0 Å². The predicted molar refractivity (Wildman–Crippen MR) is 113 cm³/mol. The summed E-state index contributed by atoms with van der Waals surface area (Å²) in [6.07, 6.45) is 5.29. The second kappa shape index (κ2) is 7.22. The fraction of sp³-hybridized carbons (Fsp3) is 0.250. The molecule has 1 aliphatic carbocycles. The fourth-order valence-electron chi connectivity index (χ4n) is 3.47. The minimum Gasteiger partial charge on any atom is -0.496 e. The molecule has 0 N–H and O–H groups in total. The van der Waals surface area contributed by atoms with Crippen molar-refractivity contribution in [3.05, 3.63) is 52.1 Å². The Morgan fingerprint density at radius 2 is 2.11 bits per heavy atom. The van der Waals surface area contributed by atoms with Crippen LogP contribution in [0.1, 0.15) is 22.6 Å². The van der Waals surface area contributed by atoms with Crippen LogP contribution in [0.15, 0.2) is 41.0 Å². The summed E-state index contributed by atoms with van der Waals surface area (Å²) < 4.78 is 5.47. The van der Waals surface area contributed by atoms with Crippen LogP contribution < -0.4 is 4.74 Å². The first-order valence-corrected chi connectivity index (χ1v) is 11.5. The topological polar surface area (TPSA) is 47.9 Å². The molecule has 0 atom stereocenters. The van der Waals surface area contributed by atoms with Crippen molar-refractivity contribution in [2.75, 3.05) is 7.11 Å². The Balaban J connectivity index is 1.40. The second-order valence-electron chi connectivity index (χ2n) is 6.35. The minimum absolute atomic E-state index is 0.808. The first-order valence-electron chi connectivity index (χ1n) is 8.79. The Kier molecular flexibility index (Phi) is 4.59. The monoisotopic (exact) mass is 411 g/mol. The van der Waals surface area contributed by atoms with Crippen LogP contribution in [-0.2, 0) is 18.6 Å². The number of hydrogen-bond donors (Lipinski definition) is 0. The van der Waals surface area contributed by atoms with E-state index in [4.69, 9.17) is 9.72 Å². The fourth-order valence-corrected chi connectivity index (χ4v) is 6.64. The molecule has 0 unspecified atom stereocenters. The van der Waals surface area contributed by atoms with Gasteiger partial charge in [0.2, 0.25) is 0 Å². The molecule has 3 heterocycles. The van der Waals surface area contributed by atoms with E-state index in [1.807, 2.05) is 29.5 Å². The van der Waals surface area contributed by atoms with E-state index >= 15 is 0 Å². The summed E-state index contributed by atoms with van der Waals surface area (Å²) in [5, 5.41) is 5.49. The third-order valence-corrected chi connectivity index (χ3v) is 7.86. The molecule has 0 radical (unpaired) electrons. The third-order valence-electron chi connectivity index (χ3n) is 4.71. The van der Waals surface area contributed by atoms with Crippen molar-refractivity contribution < 1.29 is 4.74 Å². The summed E-state index contributed by atoms with van der Waals surface area (Å²) in [4.78, 5) is 16.5. The Bertz CT molecular complexity index is 1120. The highest BCUT2D eigenvalue weighted by Gasteiger charge is 2.21. The summed E-state index contributed by atoms with van der Waals surface area (Å²) in [6, 6.07) is 8.02. The second-order valence-corrected chi connectivity index (χ2v) is 9.26. The molecule has 0 saturated carbocycles. The molecule has 0 fully saturated rings. The van der Waals surface area contributed by atoms with Crippen LogP contribution in [0, 0.1) is 0 Å². The van der Waals surface area contributed by atoms with Crippen LogP contribution in [0.25, 0.3) is 20.8 Å². The number of benzene rings is 1. The highest BCUT2D eigenvalue weighted by atomic mass is 32.2. The first kappa shape index (κ1) is 17.2. The Hall–Kier alpha value is -1.96. The van der Waals surface area contributed by atoms with Gasteiger partial charge in [-0.15, -0.1) is 22.7 Å². The lowest BCUT2D eigenvalue weighted by Crippen LogP contribution is -1.89. The number of rotatable bonds is 5. The van der Waals surface area contributed by atoms with E-state index in [-0.39, 0.29) is 0 Å². The van der Waals surface area contributed by atoms with Gasteiger partial charge < -0.3 is 4.74 Å². The largest absolute Gasteiger partial charge is 0.496 e. The molecule has 7 heteroatoms. The van der Waals surface area contributed by atoms with Gasteiger partial charge in [0.05, 0.1) is 18.4 Å². The Morgan fingerprint density at radius 1 is 1.19 bits per heavy atom. The summed E-state index contributed by atoms with van der Waals surface area (Å²) in [5.41, 5.74) is 3.59. The van der Waals surface area contributed by atoms with Crippen molar-refractivity contribution in [3.63, 3.8) is 0 Å². The van der Waals surface area contributed by atoms with E-state index in [1.165, 1.54) is 28.7 Å². The lowest BCUT2D eigenvalue weighted by atomic mass is 10.2. The number of thiophene rings is 1. The average molecular weight is 412 g/mol. The van der Waals surface area contributed by atoms with E-state index in [9.17, 15) is 0 Å². The molecule has 4 nitrogen and oxygen atoms in total. The van der Waals surface area contributed by atoms with E-state index in [0.717, 1.165) is 44.0 Å². The summed E-state index contributed by atoms with van der Waals surface area (Å²) >= 11 is 5.25. The summed E-state index contributed by atoms with van der Waals surface area (Å²) in [7, 11) is 1.70. The minimum atomic E-state index is 0.808. The number of methoxy groups -OCH3 is 1. The number of fused-ring (bicyclic) bond motifs is 3. The summed E-state index contributed by atoms with van der Waals surface area (Å²) in [5.74, 6) is 1.67. The predicted octanol–water partition coefficient (Wildman–Crippen LogP) is 5.60. The number of thiazole rings is 1. The van der Waals surface area contributed by atoms with Crippen LogP contribution in [0.2, 0.25) is 0 Å². The molecule has 0 aliphatic heterocycles. The van der Waals surface area contributed by atoms with E-state index in [1.54, 1.807) is 36.5 Å². The molecule has 0 amide bonds. The number of para-hydroxylation sites is 1. The van der Waals surface area contributed by atoms with Gasteiger partial charge in [-0.1, -0.05) is 23.9 Å². The molecule has 3 aromatic heterocycles. The van der Waals surface area contributed by atoms with Gasteiger partial charge in [-0.05, 0) is 37.0 Å². The van der Waals surface area contributed by atoms with Gasteiger partial charge in [0.1, 0.15) is 26.9 Å². The lowest BCUT2D eigenvalue weighted by molar-refractivity contribution is 0.416. The zero-order valence-corrected chi connectivity index (χ0v) is 17.2. The van der Waals surface area contributed by atoms with Gasteiger partial charge in [-0.3, -0.25) is 0 Å². The van der Waals surface area contributed by atoms with E-state index in [0.29, 0.717) is 0 Å². The zero-order valence-electron chi connectivity index (χ0n) is 14.8. The van der Waals surface area contributed by atoms with Gasteiger partial charge in [0, 0.05) is 21.4 Å². The molecule has 5 rings (SSSR count). The Labute approximate surface area is 169 Å². The van der Waals surface area contributed by atoms with Crippen molar-refractivity contribution in [1.29, 1.82) is 0 Å². The number of hydrogen-bond acceptors (Lipinski definition) is 7. The first-order chi connectivity index (χ1) is 13.3.